The lowest BCUT2D eigenvalue weighted by Crippen LogP contribution is -2.51. The normalized spacial score (nSPS) is 11.8. The van der Waals surface area contributed by atoms with E-state index in [0.29, 0.717) is 0 Å². The van der Waals surface area contributed by atoms with Crippen molar-refractivity contribution in [2.75, 3.05) is 26.2 Å². The molecule has 0 heterocycles. The molecule has 0 fully saturated rings. The quantitative estimate of drug-likeness (QED) is 0.107. The summed E-state index contributed by atoms with van der Waals surface area (Å²) >= 11 is 0. The largest absolute Gasteiger partial charge is 0.323 e. The molecular weight excluding hydrogens is 398 g/mol. The van der Waals surface area contributed by atoms with Gasteiger partial charge in [0.05, 0.1) is 26.2 Å². The van der Waals surface area contributed by atoms with Crippen molar-refractivity contribution in [2.45, 2.75) is 143 Å². The van der Waals surface area contributed by atoms with Crippen LogP contribution >= 0.6 is 0 Å². The number of hydrogen-bond donors (Lipinski definition) is 0. The van der Waals surface area contributed by atoms with E-state index in [1.807, 2.05) is 0 Å². The average molecular weight is 459 g/mol. The van der Waals surface area contributed by atoms with Crippen LogP contribution in [0.1, 0.15) is 142 Å². The maximum absolute atomic E-state index is 2.34. The minimum atomic E-state index is 1.25. The van der Waals surface area contributed by atoms with Crippen molar-refractivity contribution in [3.05, 3.63) is 35.9 Å². The zero-order valence-electron chi connectivity index (χ0n) is 23.1. The Morgan fingerprint density at radius 1 is 0.424 bits per heavy atom. The van der Waals surface area contributed by atoms with Gasteiger partial charge in [0.1, 0.15) is 0 Å². The van der Waals surface area contributed by atoms with Gasteiger partial charge >= 0.3 is 0 Å². The summed E-state index contributed by atoms with van der Waals surface area (Å²) in [4.78, 5) is 0. The summed E-state index contributed by atoms with van der Waals surface area (Å²) in [6.07, 6.45) is 26.9. The molecule has 0 N–H and O–H groups in total. The van der Waals surface area contributed by atoms with Gasteiger partial charge in [0.25, 0.3) is 0 Å². The molecule has 0 unspecified atom stereocenters. The Hall–Kier alpha value is -0.820. The van der Waals surface area contributed by atoms with Crippen LogP contribution in [0.3, 0.4) is 0 Å². The Morgan fingerprint density at radius 2 is 0.788 bits per heavy atom. The highest BCUT2D eigenvalue weighted by atomic mass is 15.3. The molecule has 1 aromatic rings. The molecule has 0 spiro atoms. The molecule has 0 atom stereocenters. The highest BCUT2D eigenvalue weighted by Gasteiger charge is 2.26. The average Bonchev–Trinajstić information content (AvgIpc) is 2.85. The van der Waals surface area contributed by atoms with E-state index in [4.69, 9.17) is 0 Å². The van der Waals surface area contributed by atoms with Crippen LogP contribution in [-0.4, -0.2) is 30.7 Å². The summed E-state index contributed by atoms with van der Waals surface area (Å²) < 4.78 is 1.39. The molecule has 0 aromatic heterocycles. The van der Waals surface area contributed by atoms with Gasteiger partial charge in [-0.3, -0.25) is 0 Å². The van der Waals surface area contributed by atoms with E-state index in [0.717, 1.165) is 0 Å². The summed E-state index contributed by atoms with van der Waals surface area (Å²) in [6, 6.07) is 11.3. The number of hydrogen-bond acceptors (Lipinski definition) is 0. The minimum Gasteiger partial charge on any atom is -0.323 e. The molecule has 1 aromatic carbocycles. The lowest BCUT2D eigenvalue weighted by Gasteiger charge is -2.39. The zero-order valence-corrected chi connectivity index (χ0v) is 23.1. The summed E-state index contributed by atoms with van der Waals surface area (Å²) in [5.74, 6) is 0. The maximum atomic E-state index is 2.34. The smallest absolute Gasteiger partial charge is 0.0827 e. The van der Waals surface area contributed by atoms with Crippen molar-refractivity contribution in [1.29, 1.82) is 0 Å². The molecule has 0 aliphatic rings. The number of unbranched alkanes of at least 4 members (excludes halogenated alkanes) is 15. The van der Waals surface area contributed by atoms with Crippen molar-refractivity contribution in [2.24, 2.45) is 0 Å². The van der Waals surface area contributed by atoms with Crippen LogP contribution in [0.5, 0.6) is 0 Å². The van der Waals surface area contributed by atoms with Crippen molar-refractivity contribution in [1.82, 2.24) is 0 Å². The van der Waals surface area contributed by atoms with Crippen molar-refractivity contribution < 1.29 is 4.48 Å². The zero-order chi connectivity index (χ0) is 23.9. The topological polar surface area (TPSA) is 0 Å². The van der Waals surface area contributed by atoms with Gasteiger partial charge in [0.2, 0.25) is 0 Å². The van der Waals surface area contributed by atoms with Crippen LogP contribution in [-0.2, 0) is 6.42 Å². The van der Waals surface area contributed by atoms with Crippen molar-refractivity contribution in [3.63, 3.8) is 0 Å². The standard InChI is InChI=1S/C32H60N/c1-4-7-10-13-16-22-28-33(29-23-17-14-11-8-5-2,30-24-18-15-12-9-6-3)31-27-32-25-20-19-21-26-32/h19-21,25-26H,4-18,22-24,27-31H2,1-3H3/q+1. The van der Waals surface area contributed by atoms with E-state index in [9.17, 15) is 0 Å². The monoisotopic (exact) mass is 458 g/mol. The summed E-state index contributed by atoms with van der Waals surface area (Å²) in [5, 5.41) is 0. The molecule has 0 radical (unpaired) electrons. The lowest BCUT2D eigenvalue weighted by atomic mass is 10.0. The molecule has 0 bridgehead atoms. The third kappa shape index (κ3) is 16.4. The Labute approximate surface area is 209 Å². The van der Waals surface area contributed by atoms with E-state index in [1.54, 1.807) is 0 Å². The molecule has 33 heavy (non-hydrogen) atoms. The molecule has 0 amide bonds. The predicted molar refractivity (Wildman–Crippen MR) is 150 cm³/mol. The maximum Gasteiger partial charge on any atom is 0.0827 e. The third-order valence-corrected chi connectivity index (χ3v) is 7.68. The summed E-state index contributed by atoms with van der Waals surface area (Å²) in [6.45, 7) is 12.6. The van der Waals surface area contributed by atoms with Crippen LogP contribution in [0.15, 0.2) is 30.3 Å². The SMILES string of the molecule is CCCCCCCC[N+](CCCCCCCC)(CCCCCCCC)CCc1ccccc1. The van der Waals surface area contributed by atoms with Crippen LogP contribution in [0.4, 0.5) is 0 Å². The van der Waals surface area contributed by atoms with Gasteiger partial charge in [-0.2, -0.15) is 0 Å². The number of quaternary nitrogens is 1. The van der Waals surface area contributed by atoms with Crippen molar-refractivity contribution >= 4 is 0 Å². The van der Waals surface area contributed by atoms with Crippen LogP contribution in [0, 0.1) is 0 Å². The molecule has 1 rings (SSSR count). The summed E-state index contributed by atoms with van der Waals surface area (Å²) in [5.41, 5.74) is 1.54. The first kappa shape index (κ1) is 30.2. The number of benzene rings is 1. The van der Waals surface area contributed by atoms with Crippen molar-refractivity contribution in [3.8, 4) is 0 Å². The van der Waals surface area contributed by atoms with E-state index < -0.39 is 0 Å². The highest BCUT2D eigenvalue weighted by Crippen LogP contribution is 2.20. The van der Waals surface area contributed by atoms with Gasteiger partial charge in [-0.1, -0.05) is 128 Å². The van der Waals surface area contributed by atoms with Gasteiger partial charge < -0.3 is 4.48 Å². The fourth-order valence-electron chi connectivity index (χ4n) is 5.36. The molecule has 1 nitrogen and oxygen atoms in total. The number of nitrogens with zero attached hydrogens (tertiary/aromatic N) is 1. The second-order valence-electron chi connectivity index (χ2n) is 10.8. The fraction of sp³-hybridized carbons (Fsp3) is 0.812. The van der Waals surface area contributed by atoms with Gasteiger partial charge in [-0.15, -0.1) is 0 Å². The van der Waals surface area contributed by atoms with Crippen LogP contribution in [0.2, 0.25) is 0 Å². The van der Waals surface area contributed by atoms with Gasteiger partial charge in [-0.05, 0) is 44.1 Å². The molecule has 0 saturated heterocycles. The van der Waals surface area contributed by atoms with Gasteiger partial charge in [0, 0.05) is 6.42 Å². The molecule has 192 valence electrons. The molecule has 0 aliphatic carbocycles. The van der Waals surface area contributed by atoms with E-state index in [2.05, 4.69) is 51.1 Å². The molecular formula is C32H60N+. The first-order valence-electron chi connectivity index (χ1n) is 15.2. The van der Waals surface area contributed by atoms with Crippen LogP contribution < -0.4 is 0 Å². The molecule has 0 saturated carbocycles. The Kier molecular flexibility index (Phi) is 19.9. The second-order valence-corrected chi connectivity index (χ2v) is 10.8. The predicted octanol–water partition coefficient (Wildman–Crippen LogP) is 10.1. The third-order valence-electron chi connectivity index (χ3n) is 7.68. The van der Waals surface area contributed by atoms with E-state index in [1.165, 1.54) is 158 Å². The second kappa shape index (κ2) is 21.7. The van der Waals surface area contributed by atoms with Gasteiger partial charge in [-0.25, -0.2) is 0 Å². The van der Waals surface area contributed by atoms with E-state index in [-0.39, 0.29) is 0 Å². The Morgan fingerprint density at radius 3 is 1.18 bits per heavy atom. The van der Waals surface area contributed by atoms with E-state index >= 15 is 0 Å². The Balaban J connectivity index is 2.68. The number of rotatable bonds is 24. The molecule has 1 heteroatoms. The summed E-state index contributed by atoms with van der Waals surface area (Å²) in [7, 11) is 0. The van der Waals surface area contributed by atoms with Gasteiger partial charge in [0.15, 0.2) is 0 Å². The lowest BCUT2D eigenvalue weighted by molar-refractivity contribution is -0.928. The van der Waals surface area contributed by atoms with Crippen LogP contribution in [0.25, 0.3) is 0 Å². The highest BCUT2D eigenvalue weighted by molar-refractivity contribution is 5.14. The Bertz CT molecular complexity index is 468. The fourth-order valence-corrected chi connectivity index (χ4v) is 5.36. The first-order chi connectivity index (χ1) is 16.3. The first-order valence-corrected chi connectivity index (χ1v) is 15.2. The molecule has 0 aliphatic heterocycles. The minimum absolute atomic E-state index is 1.25.